The minimum Gasteiger partial charge on any atom is -0.404 e. The second kappa shape index (κ2) is 8.19. The minimum absolute atomic E-state index is 0.142. The number of alkyl halides is 3. The monoisotopic (exact) mass is 444 g/mol. The lowest BCUT2D eigenvalue weighted by molar-refractivity contribution is -0.274. The van der Waals surface area contributed by atoms with Crippen molar-refractivity contribution < 1.29 is 26.3 Å². The molecule has 156 valence electrons. The molecular weight excluding hydrogens is 425 g/mol. The Hall–Kier alpha value is -2.33. The smallest absolute Gasteiger partial charge is 0.404 e. The first-order chi connectivity index (χ1) is 13.5. The molecule has 0 saturated heterocycles. The minimum atomic E-state index is -4.87. The van der Waals surface area contributed by atoms with Gasteiger partial charge in [-0.25, -0.2) is 12.7 Å². The Morgan fingerprint density at radius 2 is 1.72 bits per heavy atom. The topological polar surface area (TPSA) is 49.9 Å². The fraction of sp³-hybridized carbons (Fsp3) is 0.263. The molecule has 0 spiro atoms. The van der Waals surface area contributed by atoms with Crippen LogP contribution in [0, 0.1) is 0 Å². The van der Waals surface area contributed by atoms with Crippen LogP contribution in [0.15, 0.2) is 65.7 Å². The third-order valence-electron chi connectivity index (χ3n) is 4.06. The average molecular weight is 445 g/mol. The number of nitrogens with zero attached hydrogens (tertiary/aromatic N) is 2. The van der Waals surface area contributed by atoms with E-state index in [1.54, 1.807) is 17.9 Å². The van der Waals surface area contributed by atoms with Gasteiger partial charge in [0.25, 0.3) is 0 Å². The zero-order chi connectivity index (χ0) is 21.2. The molecule has 2 aromatic carbocycles. The maximum Gasteiger partial charge on any atom is 0.573 e. The number of sulfonamides is 1. The molecule has 0 aromatic heterocycles. The van der Waals surface area contributed by atoms with Gasteiger partial charge in [-0.15, -0.1) is 13.2 Å². The van der Waals surface area contributed by atoms with E-state index >= 15 is 0 Å². The van der Waals surface area contributed by atoms with E-state index in [9.17, 15) is 21.6 Å². The molecule has 2 aromatic rings. The molecule has 29 heavy (non-hydrogen) atoms. The Kier molecular flexibility index (Phi) is 6.04. The van der Waals surface area contributed by atoms with Crippen molar-refractivity contribution in [2.75, 3.05) is 11.2 Å². The number of ether oxygens (including phenoxy) is 1. The highest BCUT2D eigenvalue weighted by molar-refractivity contribution is 8.04. The first kappa shape index (κ1) is 21.4. The van der Waals surface area contributed by atoms with Crippen molar-refractivity contribution in [1.29, 1.82) is 0 Å². The van der Waals surface area contributed by atoms with Crippen molar-refractivity contribution in [3.8, 4) is 5.75 Å². The van der Waals surface area contributed by atoms with Gasteiger partial charge in [0.1, 0.15) is 0 Å². The molecule has 0 saturated carbocycles. The summed E-state index contributed by atoms with van der Waals surface area (Å²) in [6, 6.07) is 14.8. The van der Waals surface area contributed by atoms with Crippen LogP contribution in [-0.2, 0) is 16.6 Å². The van der Waals surface area contributed by atoms with Gasteiger partial charge in [0.05, 0.1) is 11.9 Å². The molecule has 1 heterocycles. The molecule has 0 radical (unpaired) electrons. The molecular formula is C19H19F3N2O3S2. The molecule has 3 rings (SSSR count). The molecule has 1 aliphatic heterocycles. The van der Waals surface area contributed by atoms with Crippen molar-refractivity contribution in [1.82, 2.24) is 4.31 Å². The number of para-hydroxylation sites is 2. The van der Waals surface area contributed by atoms with Crippen LogP contribution in [0.3, 0.4) is 0 Å². The lowest BCUT2D eigenvalue weighted by Gasteiger charge is -2.36. The van der Waals surface area contributed by atoms with Gasteiger partial charge in [-0.2, -0.15) is 0 Å². The lowest BCUT2D eigenvalue weighted by atomic mass is 10.2. The first-order valence-electron chi connectivity index (χ1n) is 8.53. The largest absolute Gasteiger partial charge is 0.573 e. The second-order valence-corrected chi connectivity index (χ2v) is 9.59. The van der Waals surface area contributed by atoms with Crippen molar-refractivity contribution in [2.24, 2.45) is 0 Å². The Labute approximate surface area is 171 Å². The molecule has 0 amide bonds. The van der Waals surface area contributed by atoms with Crippen LogP contribution in [0.1, 0.15) is 12.5 Å². The summed E-state index contributed by atoms with van der Waals surface area (Å²) in [7, 11) is -3.65. The van der Waals surface area contributed by atoms with Crippen LogP contribution >= 0.6 is 11.8 Å². The number of allylic oxidation sites excluding steroid dienone is 1. The quantitative estimate of drug-likeness (QED) is 0.644. The highest BCUT2D eigenvalue weighted by Gasteiger charge is 2.38. The molecule has 5 nitrogen and oxygen atoms in total. The number of hydrogen-bond acceptors (Lipinski definition) is 5. The molecule has 0 N–H and O–H groups in total. The highest BCUT2D eigenvalue weighted by Crippen LogP contribution is 2.42. The highest BCUT2D eigenvalue weighted by atomic mass is 32.2. The third kappa shape index (κ3) is 5.39. The molecule has 0 fully saturated rings. The summed E-state index contributed by atoms with van der Waals surface area (Å²) in [5, 5.41) is 0. The fourth-order valence-corrected chi connectivity index (χ4v) is 5.36. The lowest BCUT2D eigenvalue weighted by Crippen LogP contribution is -2.44. The summed E-state index contributed by atoms with van der Waals surface area (Å²) in [6.07, 6.45) is -2.33. The Balaban J connectivity index is 2.08. The van der Waals surface area contributed by atoms with Crippen LogP contribution in [-0.4, -0.2) is 30.8 Å². The fourth-order valence-electron chi connectivity index (χ4n) is 2.92. The van der Waals surface area contributed by atoms with Crippen LogP contribution in [0.4, 0.5) is 18.9 Å². The van der Waals surface area contributed by atoms with E-state index in [1.165, 1.54) is 36.2 Å². The van der Waals surface area contributed by atoms with Gasteiger partial charge < -0.3 is 9.64 Å². The summed E-state index contributed by atoms with van der Waals surface area (Å²) in [4.78, 5) is 2.32. The van der Waals surface area contributed by atoms with Crippen molar-refractivity contribution >= 4 is 27.5 Å². The maximum absolute atomic E-state index is 13.0. The molecule has 0 bridgehead atoms. The summed E-state index contributed by atoms with van der Waals surface area (Å²) in [6.45, 7) is 1.94. The first-order valence-corrected chi connectivity index (χ1v) is 11.3. The maximum atomic E-state index is 13.0. The van der Waals surface area contributed by atoms with E-state index < -0.39 is 27.6 Å². The van der Waals surface area contributed by atoms with E-state index in [1.807, 2.05) is 30.3 Å². The summed E-state index contributed by atoms with van der Waals surface area (Å²) in [5.41, 5.74) is 0.166. The Morgan fingerprint density at radius 3 is 2.34 bits per heavy atom. The number of anilines is 1. The second-order valence-electron chi connectivity index (χ2n) is 6.41. The number of halogens is 3. The molecule has 1 aliphatic rings. The van der Waals surface area contributed by atoms with Gasteiger partial charge in [0.15, 0.2) is 11.2 Å². The van der Waals surface area contributed by atoms with Crippen LogP contribution in [0.2, 0.25) is 0 Å². The van der Waals surface area contributed by atoms with Gasteiger partial charge >= 0.3 is 6.36 Å². The van der Waals surface area contributed by atoms with E-state index in [-0.39, 0.29) is 12.2 Å². The predicted octanol–water partition coefficient (Wildman–Crippen LogP) is 4.75. The standard InChI is InChI=1S/C19H19F3N2O3S2/c1-14-12-24(29(2,25)26)18(28-14)23(13-15-8-4-3-5-9-15)16-10-6-7-11-17(16)27-19(20,21)22/h3-12,18H,13H2,1-2H3. The van der Waals surface area contributed by atoms with E-state index in [2.05, 4.69) is 4.74 Å². The van der Waals surface area contributed by atoms with Gasteiger partial charge in [-0.3, -0.25) is 0 Å². The molecule has 1 atom stereocenters. The SMILES string of the molecule is CC1=CN(S(C)(=O)=O)C(N(Cc2ccccc2)c2ccccc2OC(F)(F)F)S1. The average Bonchev–Trinajstić information content (AvgIpc) is 3.02. The number of hydrogen-bond donors (Lipinski definition) is 0. The van der Waals surface area contributed by atoms with Gasteiger partial charge in [0.2, 0.25) is 10.0 Å². The van der Waals surface area contributed by atoms with Gasteiger partial charge in [-0.1, -0.05) is 54.2 Å². The van der Waals surface area contributed by atoms with Crippen LogP contribution < -0.4 is 9.64 Å². The molecule has 0 aliphatic carbocycles. The van der Waals surface area contributed by atoms with Gasteiger partial charge in [-0.05, 0) is 24.6 Å². The number of rotatable bonds is 6. The van der Waals surface area contributed by atoms with E-state index in [4.69, 9.17) is 0 Å². The summed E-state index contributed by atoms with van der Waals surface area (Å²) < 4.78 is 68.9. The third-order valence-corrected chi connectivity index (χ3v) is 6.44. The Morgan fingerprint density at radius 1 is 1.10 bits per heavy atom. The zero-order valence-corrected chi connectivity index (χ0v) is 17.3. The van der Waals surface area contributed by atoms with E-state index in [0.29, 0.717) is 0 Å². The number of thioether (sulfide) groups is 1. The van der Waals surface area contributed by atoms with Gasteiger partial charge in [0, 0.05) is 17.6 Å². The zero-order valence-electron chi connectivity index (χ0n) is 15.6. The summed E-state index contributed by atoms with van der Waals surface area (Å²) in [5.74, 6) is -0.394. The van der Waals surface area contributed by atoms with Crippen molar-refractivity contribution in [3.63, 3.8) is 0 Å². The normalized spacial score (nSPS) is 17.2. The predicted molar refractivity (Wildman–Crippen MR) is 108 cm³/mol. The van der Waals surface area contributed by atoms with Crippen molar-refractivity contribution in [2.45, 2.75) is 25.3 Å². The number of benzene rings is 2. The Bertz CT molecular complexity index is 995. The molecule has 10 heteroatoms. The van der Waals surface area contributed by atoms with Crippen molar-refractivity contribution in [3.05, 3.63) is 71.3 Å². The van der Waals surface area contributed by atoms with Crippen LogP contribution in [0.25, 0.3) is 0 Å². The van der Waals surface area contributed by atoms with Crippen LogP contribution in [0.5, 0.6) is 5.75 Å². The van der Waals surface area contributed by atoms with E-state index in [0.717, 1.165) is 21.0 Å². The molecule has 1 unspecified atom stereocenters. The summed E-state index contributed by atoms with van der Waals surface area (Å²) >= 11 is 1.25.